The smallest absolute Gasteiger partial charge is 0.0215 e. The molecule has 0 heterocycles. The van der Waals surface area contributed by atoms with Crippen LogP contribution in [0, 0.1) is 5.92 Å². The monoisotopic (exact) mass is 226 g/mol. The molecule has 0 aromatic rings. The third kappa shape index (κ3) is 4.42. The predicted molar refractivity (Wildman–Crippen MR) is 71.8 cm³/mol. The van der Waals surface area contributed by atoms with Gasteiger partial charge in [0, 0.05) is 18.6 Å². The van der Waals surface area contributed by atoms with E-state index in [1.54, 1.807) is 0 Å². The van der Waals surface area contributed by atoms with Crippen molar-refractivity contribution in [3.05, 3.63) is 0 Å². The molecular formula is C14H30N2. The van der Waals surface area contributed by atoms with Crippen LogP contribution in [-0.2, 0) is 0 Å². The van der Waals surface area contributed by atoms with Gasteiger partial charge in [0.05, 0.1) is 0 Å². The van der Waals surface area contributed by atoms with Crippen molar-refractivity contribution in [1.29, 1.82) is 0 Å². The van der Waals surface area contributed by atoms with E-state index in [4.69, 9.17) is 0 Å². The molecule has 0 spiro atoms. The van der Waals surface area contributed by atoms with Gasteiger partial charge < -0.3 is 10.2 Å². The Bertz CT molecular complexity index is 176. The maximum Gasteiger partial charge on any atom is 0.0215 e. The normalized spacial score (nSPS) is 21.6. The lowest BCUT2D eigenvalue weighted by Crippen LogP contribution is -2.46. The Morgan fingerprint density at radius 2 is 1.88 bits per heavy atom. The first kappa shape index (κ1) is 14.0. The minimum atomic E-state index is 0.603. The van der Waals surface area contributed by atoms with Crippen LogP contribution >= 0.6 is 0 Å². The number of rotatable bonds is 7. The molecule has 16 heavy (non-hydrogen) atoms. The number of nitrogens with zero attached hydrogens (tertiary/aromatic N) is 1. The summed E-state index contributed by atoms with van der Waals surface area (Å²) in [5.74, 6) is 0.964. The quantitative estimate of drug-likeness (QED) is 0.718. The number of likely N-dealkylation sites (N-methyl/N-ethyl adjacent to an activating group) is 1. The molecule has 2 unspecified atom stereocenters. The van der Waals surface area contributed by atoms with Crippen molar-refractivity contribution in [3.63, 3.8) is 0 Å². The van der Waals surface area contributed by atoms with Crippen LogP contribution in [0.15, 0.2) is 0 Å². The fraction of sp³-hybridized carbons (Fsp3) is 1.00. The molecule has 0 radical (unpaired) electrons. The van der Waals surface area contributed by atoms with Gasteiger partial charge in [-0.1, -0.05) is 19.8 Å². The van der Waals surface area contributed by atoms with Crippen molar-refractivity contribution < 1.29 is 0 Å². The highest BCUT2D eigenvalue weighted by atomic mass is 15.2. The third-order valence-electron chi connectivity index (χ3n) is 4.16. The molecule has 96 valence electrons. The highest BCUT2D eigenvalue weighted by molar-refractivity contribution is 4.79. The molecular weight excluding hydrogens is 196 g/mol. The van der Waals surface area contributed by atoms with Crippen molar-refractivity contribution in [2.75, 3.05) is 20.1 Å². The van der Waals surface area contributed by atoms with Crippen molar-refractivity contribution in [2.45, 2.75) is 65.0 Å². The Hall–Kier alpha value is -0.0800. The van der Waals surface area contributed by atoms with E-state index in [9.17, 15) is 0 Å². The van der Waals surface area contributed by atoms with Gasteiger partial charge in [0.25, 0.3) is 0 Å². The topological polar surface area (TPSA) is 15.3 Å². The molecule has 1 aliphatic rings. The van der Waals surface area contributed by atoms with Crippen molar-refractivity contribution in [3.8, 4) is 0 Å². The summed E-state index contributed by atoms with van der Waals surface area (Å²) >= 11 is 0. The number of hydrogen-bond acceptors (Lipinski definition) is 2. The minimum Gasteiger partial charge on any atom is -0.313 e. The Morgan fingerprint density at radius 3 is 2.44 bits per heavy atom. The molecule has 1 rings (SSSR count). The molecule has 0 bridgehead atoms. The predicted octanol–water partition coefficient (Wildman–Crippen LogP) is 2.89. The minimum absolute atomic E-state index is 0.603. The summed E-state index contributed by atoms with van der Waals surface area (Å²) < 4.78 is 0. The molecule has 1 aliphatic carbocycles. The second-order valence-corrected chi connectivity index (χ2v) is 5.57. The maximum absolute atomic E-state index is 3.60. The average Bonchev–Trinajstić information content (AvgIpc) is 2.77. The van der Waals surface area contributed by atoms with Crippen LogP contribution < -0.4 is 5.32 Å². The van der Waals surface area contributed by atoms with E-state index >= 15 is 0 Å². The average molecular weight is 226 g/mol. The summed E-state index contributed by atoms with van der Waals surface area (Å²) in [6.45, 7) is 9.32. The molecule has 1 N–H and O–H groups in total. The number of nitrogens with one attached hydrogen (secondary N) is 1. The van der Waals surface area contributed by atoms with E-state index in [0.29, 0.717) is 12.1 Å². The second kappa shape index (κ2) is 7.29. The Labute approximate surface area is 102 Å². The molecule has 1 fully saturated rings. The Balaban J connectivity index is 2.25. The van der Waals surface area contributed by atoms with Crippen LogP contribution in [-0.4, -0.2) is 37.1 Å². The number of hydrogen-bond donors (Lipinski definition) is 1. The van der Waals surface area contributed by atoms with Gasteiger partial charge >= 0.3 is 0 Å². The van der Waals surface area contributed by atoms with E-state index in [1.807, 2.05) is 0 Å². The lowest BCUT2D eigenvalue weighted by molar-refractivity contribution is 0.185. The molecule has 2 atom stereocenters. The molecule has 0 amide bonds. The fourth-order valence-electron chi connectivity index (χ4n) is 2.69. The SMILES string of the molecule is CCCNC(C)C(C)N(C)CC1CCCC1. The van der Waals surface area contributed by atoms with Gasteiger partial charge in [0.15, 0.2) is 0 Å². The molecule has 0 aromatic heterocycles. The van der Waals surface area contributed by atoms with Gasteiger partial charge in [-0.3, -0.25) is 0 Å². The zero-order chi connectivity index (χ0) is 12.0. The molecule has 0 aliphatic heterocycles. The highest BCUT2D eigenvalue weighted by Gasteiger charge is 2.21. The zero-order valence-corrected chi connectivity index (χ0v) is 11.6. The summed E-state index contributed by atoms with van der Waals surface area (Å²) in [6, 6.07) is 1.25. The lowest BCUT2D eigenvalue weighted by atomic mass is 10.1. The summed E-state index contributed by atoms with van der Waals surface area (Å²) in [4.78, 5) is 2.54. The molecule has 1 saturated carbocycles. The van der Waals surface area contributed by atoms with Gasteiger partial charge in [0.2, 0.25) is 0 Å². The first-order valence-corrected chi connectivity index (χ1v) is 7.08. The van der Waals surface area contributed by atoms with Gasteiger partial charge in [-0.2, -0.15) is 0 Å². The van der Waals surface area contributed by atoms with Crippen LogP contribution in [0.5, 0.6) is 0 Å². The van der Waals surface area contributed by atoms with E-state index in [0.717, 1.165) is 12.5 Å². The summed E-state index contributed by atoms with van der Waals surface area (Å²) in [6.07, 6.45) is 7.04. The lowest BCUT2D eigenvalue weighted by Gasteiger charge is -2.32. The fourth-order valence-corrected chi connectivity index (χ4v) is 2.69. The van der Waals surface area contributed by atoms with Gasteiger partial charge in [-0.05, 0) is 52.6 Å². The van der Waals surface area contributed by atoms with Crippen molar-refractivity contribution >= 4 is 0 Å². The van der Waals surface area contributed by atoms with E-state index in [1.165, 1.54) is 38.6 Å². The first-order chi connectivity index (χ1) is 7.65. The van der Waals surface area contributed by atoms with Crippen LogP contribution in [0.25, 0.3) is 0 Å². The molecule has 2 nitrogen and oxygen atoms in total. The second-order valence-electron chi connectivity index (χ2n) is 5.57. The largest absolute Gasteiger partial charge is 0.313 e. The summed E-state index contributed by atoms with van der Waals surface area (Å²) in [7, 11) is 2.28. The van der Waals surface area contributed by atoms with Gasteiger partial charge in [0.1, 0.15) is 0 Å². The zero-order valence-electron chi connectivity index (χ0n) is 11.6. The van der Waals surface area contributed by atoms with Gasteiger partial charge in [-0.15, -0.1) is 0 Å². The van der Waals surface area contributed by atoms with E-state index < -0.39 is 0 Å². The van der Waals surface area contributed by atoms with E-state index in [-0.39, 0.29) is 0 Å². The standard InChI is InChI=1S/C14H30N2/c1-5-10-15-12(2)13(3)16(4)11-14-8-6-7-9-14/h12-15H,5-11H2,1-4H3. The third-order valence-corrected chi connectivity index (χ3v) is 4.16. The molecule has 0 aromatic carbocycles. The highest BCUT2D eigenvalue weighted by Crippen LogP contribution is 2.25. The Morgan fingerprint density at radius 1 is 1.25 bits per heavy atom. The van der Waals surface area contributed by atoms with Crippen molar-refractivity contribution in [2.24, 2.45) is 5.92 Å². The molecule has 0 saturated heterocycles. The maximum atomic E-state index is 3.60. The Kier molecular flexibility index (Phi) is 6.37. The summed E-state index contributed by atoms with van der Waals surface area (Å²) in [5.41, 5.74) is 0. The van der Waals surface area contributed by atoms with Crippen LogP contribution in [0.2, 0.25) is 0 Å². The van der Waals surface area contributed by atoms with E-state index in [2.05, 4.69) is 38.0 Å². The molecule has 2 heteroatoms. The van der Waals surface area contributed by atoms with Crippen LogP contribution in [0.4, 0.5) is 0 Å². The van der Waals surface area contributed by atoms with Crippen LogP contribution in [0.1, 0.15) is 52.9 Å². The summed E-state index contributed by atoms with van der Waals surface area (Å²) in [5, 5.41) is 3.60. The van der Waals surface area contributed by atoms with Gasteiger partial charge in [-0.25, -0.2) is 0 Å². The van der Waals surface area contributed by atoms with Crippen LogP contribution in [0.3, 0.4) is 0 Å². The first-order valence-electron chi connectivity index (χ1n) is 7.08. The van der Waals surface area contributed by atoms with Crippen molar-refractivity contribution in [1.82, 2.24) is 10.2 Å².